The van der Waals surface area contributed by atoms with Crippen molar-refractivity contribution in [3.63, 3.8) is 0 Å². The van der Waals surface area contributed by atoms with Gasteiger partial charge in [-0.2, -0.15) is 0 Å². The van der Waals surface area contributed by atoms with E-state index >= 15 is 0 Å². The highest BCUT2D eigenvalue weighted by molar-refractivity contribution is 6.56. The predicted octanol–water partition coefficient (Wildman–Crippen LogP) is 4.37. The first-order valence-electron chi connectivity index (χ1n) is 8.04. The molecular formula is C18H26BClO3. The summed E-state index contributed by atoms with van der Waals surface area (Å²) in [6, 6.07) is 7.50. The lowest BCUT2D eigenvalue weighted by molar-refractivity contribution is 0.00578. The molecule has 0 spiro atoms. The Morgan fingerprint density at radius 2 is 1.57 bits per heavy atom. The second-order valence-corrected chi connectivity index (χ2v) is 7.91. The van der Waals surface area contributed by atoms with Gasteiger partial charge < -0.3 is 14.4 Å². The van der Waals surface area contributed by atoms with E-state index in [0.717, 1.165) is 11.0 Å². The molecule has 1 fully saturated rings. The number of aliphatic hydroxyl groups excluding tert-OH is 1. The molecule has 1 saturated heterocycles. The third-order valence-corrected chi connectivity index (χ3v) is 4.95. The first-order chi connectivity index (χ1) is 10.5. The smallest absolute Gasteiger partial charge is 0.399 e. The normalized spacial score (nSPS) is 21.8. The molecular weight excluding hydrogens is 310 g/mol. The maximum atomic E-state index is 10.6. The largest absolute Gasteiger partial charge is 0.493 e. The van der Waals surface area contributed by atoms with Crippen LogP contribution in [0.1, 0.15) is 47.1 Å². The zero-order valence-electron chi connectivity index (χ0n) is 14.8. The van der Waals surface area contributed by atoms with Crippen molar-refractivity contribution in [3.8, 4) is 0 Å². The van der Waals surface area contributed by atoms with E-state index in [0.29, 0.717) is 5.02 Å². The molecule has 126 valence electrons. The SMILES string of the molecule is CC(C)C(O)/C(=C/c1ccc(Cl)cc1)B1OC(C)(C)C(C)(C)O1. The van der Waals surface area contributed by atoms with E-state index in [4.69, 9.17) is 20.9 Å². The molecule has 23 heavy (non-hydrogen) atoms. The van der Waals surface area contributed by atoms with E-state index in [2.05, 4.69) is 0 Å². The lowest BCUT2D eigenvalue weighted by Crippen LogP contribution is -2.41. The molecule has 1 aromatic carbocycles. The molecule has 0 radical (unpaired) electrons. The van der Waals surface area contributed by atoms with Crippen molar-refractivity contribution in [2.24, 2.45) is 5.92 Å². The quantitative estimate of drug-likeness (QED) is 0.830. The Hall–Kier alpha value is -0.805. The Kier molecular flexibility index (Phi) is 5.32. The molecule has 5 heteroatoms. The van der Waals surface area contributed by atoms with Crippen LogP contribution in [-0.4, -0.2) is 29.5 Å². The second kappa shape index (κ2) is 6.60. The molecule has 3 nitrogen and oxygen atoms in total. The van der Waals surface area contributed by atoms with Crippen molar-refractivity contribution in [1.29, 1.82) is 0 Å². The summed E-state index contributed by atoms with van der Waals surface area (Å²) in [5.74, 6) is 0.0626. The fourth-order valence-corrected chi connectivity index (χ4v) is 2.53. The molecule has 1 N–H and O–H groups in total. The van der Waals surface area contributed by atoms with Gasteiger partial charge in [-0.3, -0.25) is 0 Å². The van der Waals surface area contributed by atoms with Crippen LogP contribution in [-0.2, 0) is 9.31 Å². The summed E-state index contributed by atoms with van der Waals surface area (Å²) in [6.45, 7) is 12.0. The lowest BCUT2D eigenvalue weighted by Gasteiger charge is -2.32. The molecule has 0 saturated carbocycles. The average Bonchev–Trinajstić information content (AvgIpc) is 2.65. The minimum absolute atomic E-state index is 0.0626. The zero-order valence-corrected chi connectivity index (χ0v) is 15.5. The molecule has 1 unspecified atom stereocenters. The van der Waals surface area contributed by atoms with Crippen molar-refractivity contribution in [1.82, 2.24) is 0 Å². The van der Waals surface area contributed by atoms with E-state index < -0.39 is 24.4 Å². The Morgan fingerprint density at radius 1 is 1.09 bits per heavy atom. The maximum absolute atomic E-state index is 10.6. The van der Waals surface area contributed by atoms with Gasteiger partial charge in [-0.25, -0.2) is 0 Å². The van der Waals surface area contributed by atoms with Crippen LogP contribution in [0.25, 0.3) is 6.08 Å². The Balaban J connectivity index is 2.38. The fraction of sp³-hybridized carbons (Fsp3) is 0.556. The maximum Gasteiger partial charge on any atom is 0.493 e. The van der Waals surface area contributed by atoms with Gasteiger partial charge in [0.05, 0.1) is 17.3 Å². The Morgan fingerprint density at radius 3 is 2.00 bits per heavy atom. The number of hydrogen-bond donors (Lipinski definition) is 1. The Bertz CT molecular complexity index is 562. The zero-order chi connectivity index (χ0) is 17.4. The van der Waals surface area contributed by atoms with Gasteiger partial charge in [0, 0.05) is 5.02 Å². The van der Waals surface area contributed by atoms with E-state index in [1.807, 2.05) is 71.9 Å². The van der Waals surface area contributed by atoms with Gasteiger partial charge in [0.25, 0.3) is 0 Å². The number of hydrogen-bond acceptors (Lipinski definition) is 3. The van der Waals surface area contributed by atoms with Crippen LogP contribution in [0.3, 0.4) is 0 Å². The highest BCUT2D eigenvalue weighted by atomic mass is 35.5. The van der Waals surface area contributed by atoms with Gasteiger partial charge in [0.1, 0.15) is 0 Å². The van der Waals surface area contributed by atoms with Gasteiger partial charge in [-0.15, -0.1) is 0 Å². The van der Waals surface area contributed by atoms with Crippen LogP contribution in [0.2, 0.25) is 5.02 Å². The standard InChI is InChI=1S/C18H26BClO3/c1-12(2)16(21)15(11-13-7-9-14(20)10-8-13)19-22-17(3,4)18(5,6)23-19/h7-12,16,21H,1-6H3/b15-11-. The van der Waals surface area contributed by atoms with Crippen molar-refractivity contribution >= 4 is 24.8 Å². The summed E-state index contributed by atoms with van der Waals surface area (Å²) in [5, 5.41) is 11.3. The fourth-order valence-electron chi connectivity index (χ4n) is 2.41. The van der Waals surface area contributed by atoms with Gasteiger partial charge >= 0.3 is 7.12 Å². The molecule has 1 aromatic rings. The van der Waals surface area contributed by atoms with Crippen LogP contribution < -0.4 is 0 Å². The third kappa shape index (κ3) is 4.00. The minimum atomic E-state index is -0.639. The van der Waals surface area contributed by atoms with Crippen LogP contribution >= 0.6 is 11.6 Å². The summed E-state index contributed by atoms with van der Waals surface area (Å²) < 4.78 is 12.2. The molecule has 0 bridgehead atoms. The van der Waals surface area contributed by atoms with E-state index in [-0.39, 0.29) is 5.92 Å². The summed E-state index contributed by atoms with van der Waals surface area (Å²) in [6.07, 6.45) is 1.30. The topological polar surface area (TPSA) is 38.7 Å². The average molecular weight is 337 g/mol. The molecule has 1 heterocycles. The van der Waals surface area contributed by atoms with Crippen molar-refractivity contribution in [2.45, 2.75) is 58.8 Å². The molecule has 0 aliphatic carbocycles. The molecule has 0 aromatic heterocycles. The summed E-state index contributed by atoms with van der Waals surface area (Å²) in [7, 11) is -0.562. The number of aliphatic hydroxyl groups is 1. The molecule has 0 amide bonds. The van der Waals surface area contributed by atoms with E-state index in [1.54, 1.807) is 0 Å². The summed E-state index contributed by atoms with van der Waals surface area (Å²) >= 11 is 5.94. The first kappa shape index (κ1) is 18.5. The highest BCUT2D eigenvalue weighted by Gasteiger charge is 2.53. The van der Waals surface area contributed by atoms with Crippen molar-refractivity contribution in [2.75, 3.05) is 0 Å². The van der Waals surface area contributed by atoms with Crippen LogP contribution in [0.4, 0.5) is 0 Å². The number of halogens is 1. The molecule has 1 aliphatic heterocycles. The first-order valence-corrected chi connectivity index (χ1v) is 8.42. The third-order valence-electron chi connectivity index (χ3n) is 4.70. The summed E-state index contributed by atoms with van der Waals surface area (Å²) in [5.41, 5.74) is 0.820. The monoisotopic (exact) mass is 336 g/mol. The highest BCUT2D eigenvalue weighted by Crippen LogP contribution is 2.40. The minimum Gasteiger partial charge on any atom is -0.399 e. The van der Waals surface area contributed by atoms with Gasteiger partial charge in [-0.05, 0) is 56.8 Å². The van der Waals surface area contributed by atoms with Crippen LogP contribution in [0, 0.1) is 5.92 Å². The van der Waals surface area contributed by atoms with Gasteiger partial charge in [0.15, 0.2) is 0 Å². The predicted molar refractivity (Wildman–Crippen MR) is 96.4 cm³/mol. The van der Waals surface area contributed by atoms with Gasteiger partial charge in [0.2, 0.25) is 0 Å². The van der Waals surface area contributed by atoms with Crippen LogP contribution in [0.5, 0.6) is 0 Å². The number of rotatable bonds is 4. The van der Waals surface area contributed by atoms with E-state index in [9.17, 15) is 5.11 Å². The van der Waals surface area contributed by atoms with Gasteiger partial charge in [-0.1, -0.05) is 43.7 Å². The van der Waals surface area contributed by atoms with Crippen molar-refractivity contribution in [3.05, 3.63) is 40.3 Å². The lowest BCUT2D eigenvalue weighted by atomic mass is 9.71. The Labute approximate surface area is 144 Å². The number of benzene rings is 1. The molecule has 1 aliphatic rings. The van der Waals surface area contributed by atoms with Crippen molar-refractivity contribution < 1.29 is 14.4 Å². The summed E-state index contributed by atoms with van der Waals surface area (Å²) in [4.78, 5) is 0. The van der Waals surface area contributed by atoms with Crippen LogP contribution in [0.15, 0.2) is 29.7 Å². The molecule has 1 atom stereocenters. The van der Waals surface area contributed by atoms with E-state index in [1.165, 1.54) is 0 Å². The molecule has 2 rings (SSSR count). The second-order valence-electron chi connectivity index (χ2n) is 7.47.